The molecule has 0 saturated carbocycles. The van der Waals surface area contributed by atoms with Crippen molar-refractivity contribution in [2.75, 3.05) is 87.9 Å². The standard InChI is InChI=1S/C39H41FN4O9/c1-4-41-27-7-9-29-33(21-27)53-34-22-28(42(2)3)8-10-30(34)39(29)25-5-11-31(43(13-15-45)23-37(47)48)35(19-25)51-17-18-52-36-20-26(40)6-12-32(36)44(14-16-46)24-38(49)50/h5-12,19-22H,4,13-18,23-24H2,1-3H3,(H,47,48)(H,49,50)/q-2/p-2. The second kappa shape index (κ2) is 17.6. The Morgan fingerprint density at radius 1 is 0.792 bits per heavy atom. The highest BCUT2D eigenvalue weighted by atomic mass is 19.1. The van der Waals surface area contributed by atoms with Crippen LogP contribution >= 0.6 is 0 Å². The maximum Gasteiger partial charge on any atom is 0.145 e. The molecule has 13 nitrogen and oxygen atoms in total. The first-order valence-corrected chi connectivity index (χ1v) is 17.0. The summed E-state index contributed by atoms with van der Waals surface area (Å²) < 4.78 is 32.7. The number of carboxylic acids is 2. The number of nitrogens with zero attached hydrogens (tertiary/aromatic N) is 4. The third-order valence-electron chi connectivity index (χ3n) is 8.36. The largest absolute Gasteiger partial charge is 0.853 e. The van der Waals surface area contributed by atoms with E-state index in [4.69, 9.17) is 13.9 Å². The Bertz CT molecular complexity index is 2100. The summed E-state index contributed by atoms with van der Waals surface area (Å²) in [5.41, 5.74) is 4.35. The molecule has 0 saturated heterocycles. The first kappa shape index (κ1) is 38.4. The van der Waals surface area contributed by atoms with Gasteiger partial charge in [-0.25, -0.2) is 4.39 Å². The predicted octanol–water partition coefficient (Wildman–Crippen LogP) is 0.621. The molecule has 0 atom stereocenters. The van der Waals surface area contributed by atoms with Crippen LogP contribution in [0.25, 0.3) is 33.4 Å². The lowest BCUT2D eigenvalue weighted by molar-refractivity contribution is -0.364. The zero-order valence-corrected chi connectivity index (χ0v) is 29.6. The molecule has 53 heavy (non-hydrogen) atoms. The van der Waals surface area contributed by atoms with Crippen LogP contribution in [0.15, 0.2) is 82.2 Å². The van der Waals surface area contributed by atoms with Crippen molar-refractivity contribution in [3.63, 3.8) is 0 Å². The van der Waals surface area contributed by atoms with Gasteiger partial charge in [-0.3, -0.25) is 4.99 Å². The molecule has 0 radical (unpaired) electrons. The number of hydrogen-bond donors (Lipinski definition) is 0. The molecule has 2 aliphatic rings. The number of ether oxygens (including phenoxy) is 2. The van der Waals surface area contributed by atoms with Gasteiger partial charge in [-0.2, -0.15) is 0 Å². The number of hydrogen-bond acceptors (Lipinski definition) is 13. The zero-order chi connectivity index (χ0) is 38.1. The minimum absolute atomic E-state index is 0.0144. The van der Waals surface area contributed by atoms with Crippen LogP contribution in [-0.2, 0) is 9.59 Å². The van der Waals surface area contributed by atoms with Crippen molar-refractivity contribution in [2.45, 2.75) is 6.92 Å². The van der Waals surface area contributed by atoms with Gasteiger partial charge >= 0.3 is 0 Å². The average molecular weight is 727 g/mol. The summed E-state index contributed by atoms with van der Waals surface area (Å²) in [6.45, 7) is -0.479. The summed E-state index contributed by atoms with van der Waals surface area (Å²) in [4.78, 5) is 32.1. The Labute approximate surface area is 305 Å². The van der Waals surface area contributed by atoms with E-state index in [1.54, 1.807) is 12.1 Å². The maximum absolute atomic E-state index is 14.3. The van der Waals surface area contributed by atoms with Gasteiger partial charge < -0.3 is 58.6 Å². The summed E-state index contributed by atoms with van der Waals surface area (Å²) in [6, 6.07) is 20.3. The van der Waals surface area contributed by atoms with Gasteiger partial charge in [0.2, 0.25) is 0 Å². The average Bonchev–Trinajstić information content (AvgIpc) is 3.11. The molecule has 3 aromatic carbocycles. The Kier molecular flexibility index (Phi) is 12.7. The highest BCUT2D eigenvalue weighted by Gasteiger charge is 2.21. The van der Waals surface area contributed by atoms with Gasteiger partial charge in [-0.15, -0.1) is 13.2 Å². The number of carbonyl (C=O) groups excluding carboxylic acids is 2. The van der Waals surface area contributed by atoms with E-state index in [1.807, 2.05) is 68.4 Å². The van der Waals surface area contributed by atoms with Crippen LogP contribution in [0.5, 0.6) is 11.5 Å². The van der Waals surface area contributed by atoms with Crippen molar-refractivity contribution in [3.05, 3.63) is 84.0 Å². The molecular weight excluding hydrogens is 687 g/mol. The Balaban J connectivity index is 1.57. The monoisotopic (exact) mass is 726 g/mol. The Morgan fingerprint density at radius 2 is 1.42 bits per heavy atom. The quantitative estimate of drug-likeness (QED) is 0.0909. The van der Waals surface area contributed by atoms with Crippen molar-refractivity contribution >= 4 is 40.0 Å². The molecule has 0 N–H and O–H groups in total. The lowest BCUT2D eigenvalue weighted by Gasteiger charge is -2.29. The maximum atomic E-state index is 14.3. The SMILES string of the molecule is CCN=c1ccc2c(-c3ccc(N(CC[O-])CC(=O)[O-])c(OCCOc4cc(F)ccc4N(CC[O-])CC(=O)[O-])c3)c3ccc(N(C)C)cc3oc-2c1. The van der Waals surface area contributed by atoms with E-state index in [2.05, 4.69) is 4.99 Å². The van der Waals surface area contributed by atoms with Crippen molar-refractivity contribution in [1.82, 2.24) is 0 Å². The molecule has 0 spiro atoms. The molecule has 0 unspecified atom stereocenters. The minimum Gasteiger partial charge on any atom is -0.853 e. The molecule has 5 rings (SSSR count). The van der Waals surface area contributed by atoms with Crippen LogP contribution in [0.4, 0.5) is 21.5 Å². The second-order valence-corrected chi connectivity index (χ2v) is 12.2. The fraction of sp³-hybridized carbons (Fsp3) is 0.308. The predicted molar refractivity (Wildman–Crippen MR) is 190 cm³/mol. The molecule has 1 aliphatic carbocycles. The van der Waals surface area contributed by atoms with E-state index in [1.165, 1.54) is 15.9 Å². The van der Waals surface area contributed by atoms with Gasteiger partial charge in [-0.05, 0) is 61.0 Å². The van der Waals surface area contributed by atoms with Gasteiger partial charge in [0, 0.05) is 74.1 Å². The number of anilines is 3. The summed E-state index contributed by atoms with van der Waals surface area (Å²) in [5.74, 6) is -2.65. The smallest absolute Gasteiger partial charge is 0.145 e. The lowest BCUT2D eigenvalue weighted by Crippen LogP contribution is -2.41. The third kappa shape index (κ3) is 9.33. The molecular formula is C39H39FN4O9-4. The van der Waals surface area contributed by atoms with Crippen molar-refractivity contribution in [3.8, 4) is 33.9 Å². The molecule has 1 heterocycles. The van der Waals surface area contributed by atoms with Crippen LogP contribution in [0, 0.1) is 5.82 Å². The fourth-order valence-electron chi connectivity index (χ4n) is 6.05. The summed E-state index contributed by atoms with van der Waals surface area (Å²) in [5, 5.41) is 47.7. The third-order valence-corrected chi connectivity index (χ3v) is 8.36. The van der Waals surface area contributed by atoms with E-state index in [-0.39, 0.29) is 43.5 Å². The van der Waals surface area contributed by atoms with Crippen LogP contribution in [0.1, 0.15) is 6.92 Å². The summed E-state index contributed by atoms with van der Waals surface area (Å²) >= 11 is 0. The zero-order valence-electron chi connectivity index (χ0n) is 29.6. The fourth-order valence-corrected chi connectivity index (χ4v) is 6.05. The number of aliphatic carboxylic acids is 2. The van der Waals surface area contributed by atoms with Crippen molar-refractivity contribution < 1.29 is 48.3 Å². The van der Waals surface area contributed by atoms with Gasteiger partial charge in [0.05, 0.1) is 41.8 Å². The number of halogens is 1. The topological polar surface area (TPSA) is 180 Å². The van der Waals surface area contributed by atoms with Crippen LogP contribution < -0.4 is 50.0 Å². The first-order chi connectivity index (χ1) is 25.5. The molecule has 3 aromatic rings. The molecule has 0 fully saturated rings. The first-order valence-electron chi connectivity index (χ1n) is 17.0. The molecule has 0 amide bonds. The number of benzene rings is 4. The normalized spacial score (nSPS) is 11.5. The molecule has 14 heteroatoms. The minimum atomic E-state index is -1.43. The van der Waals surface area contributed by atoms with Crippen molar-refractivity contribution in [2.24, 2.45) is 4.99 Å². The number of carboxylic acid groups (broad SMARTS) is 2. The van der Waals surface area contributed by atoms with Crippen LogP contribution in [0.2, 0.25) is 0 Å². The molecule has 0 aromatic heterocycles. The highest BCUT2D eigenvalue weighted by Crippen LogP contribution is 2.43. The van der Waals surface area contributed by atoms with Gasteiger partial charge in [0.15, 0.2) is 0 Å². The molecule has 0 bridgehead atoms. The molecule has 280 valence electrons. The van der Waals surface area contributed by atoms with Gasteiger partial charge in [0.25, 0.3) is 0 Å². The van der Waals surface area contributed by atoms with E-state index >= 15 is 0 Å². The highest BCUT2D eigenvalue weighted by molar-refractivity contribution is 6.03. The van der Waals surface area contributed by atoms with Crippen LogP contribution in [0.3, 0.4) is 0 Å². The summed E-state index contributed by atoms with van der Waals surface area (Å²) in [7, 11) is 3.86. The number of fused-ring (bicyclic) bond motifs is 2. The second-order valence-electron chi connectivity index (χ2n) is 12.2. The Hall–Kier alpha value is -5.86. The van der Waals surface area contributed by atoms with E-state index < -0.39 is 44.1 Å². The van der Waals surface area contributed by atoms with E-state index in [0.717, 1.165) is 39.7 Å². The molecule has 1 aliphatic heterocycles. The lowest BCUT2D eigenvalue weighted by atomic mass is 9.93. The van der Waals surface area contributed by atoms with Crippen molar-refractivity contribution in [1.29, 1.82) is 0 Å². The number of carbonyl (C=O) groups is 2. The van der Waals surface area contributed by atoms with Crippen LogP contribution in [-0.4, -0.2) is 85.2 Å². The van der Waals surface area contributed by atoms with E-state index in [9.17, 15) is 34.4 Å². The van der Waals surface area contributed by atoms with Gasteiger partial charge in [0.1, 0.15) is 41.9 Å². The Morgan fingerprint density at radius 3 is 2.00 bits per heavy atom. The number of rotatable bonds is 18. The van der Waals surface area contributed by atoms with E-state index in [0.29, 0.717) is 29.1 Å². The summed E-state index contributed by atoms with van der Waals surface area (Å²) in [6.07, 6.45) is 0. The van der Waals surface area contributed by atoms with Gasteiger partial charge in [-0.1, -0.05) is 6.07 Å².